The first-order valence-electron chi connectivity index (χ1n) is 5.84. The number of hydrogen-bond acceptors (Lipinski definition) is 4. The highest BCUT2D eigenvalue weighted by Crippen LogP contribution is 2.20. The SMILES string of the molecule is N=C(c1nc2ccccc2[nH]1)c1cc(N)ccc1N. The highest BCUT2D eigenvalue weighted by Gasteiger charge is 2.12. The molecule has 0 aliphatic rings. The molecular weight excluding hydrogens is 238 g/mol. The largest absolute Gasteiger partial charge is 0.399 e. The van der Waals surface area contributed by atoms with Gasteiger partial charge in [0.15, 0.2) is 5.82 Å². The standard InChI is InChI=1S/C14H13N5/c15-8-5-6-10(16)9(7-8)13(17)14-18-11-3-1-2-4-12(11)19-14/h1-7,17H,15-16H2,(H,18,19). The molecule has 0 saturated carbocycles. The number of anilines is 2. The molecule has 0 saturated heterocycles. The number of aromatic nitrogens is 2. The molecule has 0 bridgehead atoms. The number of rotatable bonds is 2. The first kappa shape index (κ1) is 11.3. The van der Waals surface area contributed by atoms with Crippen molar-refractivity contribution in [1.82, 2.24) is 9.97 Å². The average Bonchev–Trinajstić information content (AvgIpc) is 2.84. The predicted octanol–water partition coefficient (Wildman–Crippen LogP) is 2.14. The summed E-state index contributed by atoms with van der Waals surface area (Å²) in [5, 5.41) is 8.21. The van der Waals surface area contributed by atoms with E-state index in [2.05, 4.69) is 9.97 Å². The van der Waals surface area contributed by atoms with Gasteiger partial charge < -0.3 is 16.5 Å². The molecule has 3 aromatic rings. The van der Waals surface area contributed by atoms with Crippen molar-refractivity contribution < 1.29 is 0 Å². The van der Waals surface area contributed by atoms with E-state index < -0.39 is 0 Å². The second kappa shape index (κ2) is 4.13. The number of H-pyrrole nitrogens is 1. The van der Waals surface area contributed by atoms with Crippen LogP contribution in [0.4, 0.5) is 11.4 Å². The van der Waals surface area contributed by atoms with Gasteiger partial charge in [0.1, 0.15) is 5.71 Å². The summed E-state index contributed by atoms with van der Waals surface area (Å²) < 4.78 is 0. The van der Waals surface area contributed by atoms with Crippen LogP contribution in [0.5, 0.6) is 0 Å². The molecule has 2 aromatic carbocycles. The number of para-hydroxylation sites is 2. The number of imidazole rings is 1. The van der Waals surface area contributed by atoms with Crippen LogP contribution < -0.4 is 11.5 Å². The maximum Gasteiger partial charge on any atom is 0.157 e. The molecule has 0 spiro atoms. The fraction of sp³-hybridized carbons (Fsp3) is 0. The van der Waals surface area contributed by atoms with Crippen molar-refractivity contribution in [1.29, 1.82) is 5.41 Å². The van der Waals surface area contributed by atoms with Crippen molar-refractivity contribution in [3.63, 3.8) is 0 Å². The lowest BCUT2D eigenvalue weighted by molar-refractivity contribution is 1.26. The van der Waals surface area contributed by atoms with Crippen molar-refractivity contribution in [3.8, 4) is 0 Å². The Bertz CT molecular complexity index is 739. The first-order valence-corrected chi connectivity index (χ1v) is 5.84. The molecule has 6 N–H and O–H groups in total. The van der Waals surface area contributed by atoms with Gasteiger partial charge in [0.2, 0.25) is 0 Å². The minimum Gasteiger partial charge on any atom is -0.399 e. The van der Waals surface area contributed by atoms with Crippen molar-refractivity contribution in [2.24, 2.45) is 0 Å². The number of nitrogens with zero attached hydrogens (tertiary/aromatic N) is 1. The molecule has 0 aliphatic carbocycles. The quantitative estimate of drug-likeness (QED) is 0.414. The Morgan fingerprint density at radius 2 is 1.89 bits per heavy atom. The fourth-order valence-electron chi connectivity index (χ4n) is 1.99. The van der Waals surface area contributed by atoms with E-state index in [1.54, 1.807) is 18.2 Å². The molecule has 0 radical (unpaired) electrons. The summed E-state index contributed by atoms with van der Waals surface area (Å²) in [5.74, 6) is 0.485. The summed E-state index contributed by atoms with van der Waals surface area (Å²) in [7, 11) is 0. The van der Waals surface area contributed by atoms with E-state index >= 15 is 0 Å². The third-order valence-electron chi connectivity index (χ3n) is 2.97. The number of nitrogen functional groups attached to an aromatic ring is 2. The smallest absolute Gasteiger partial charge is 0.157 e. The van der Waals surface area contributed by atoms with Gasteiger partial charge in [-0.3, -0.25) is 5.41 Å². The Labute approximate surface area is 109 Å². The lowest BCUT2D eigenvalue weighted by Gasteiger charge is -2.06. The number of benzene rings is 2. The lowest BCUT2D eigenvalue weighted by atomic mass is 10.1. The summed E-state index contributed by atoms with van der Waals surface area (Å²) in [6.45, 7) is 0. The third-order valence-corrected chi connectivity index (χ3v) is 2.97. The molecule has 1 heterocycles. The lowest BCUT2D eigenvalue weighted by Crippen LogP contribution is -2.08. The normalized spacial score (nSPS) is 10.7. The monoisotopic (exact) mass is 251 g/mol. The molecule has 94 valence electrons. The highest BCUT2D eigenvalue weighted by molar-refractivity contribution is 6.13. The molecule has 0 unspecified atom stereocenters. The minimum atomic E-state index is 0.237. The number of nitrogens with one attached hydrogen (secondary N) is 2. The molecule has 0 aliphatic heterocycles. The van der Waals surface area contributed by atoms with E-state index in [-0.39, 0.29) is 5.71 Å². The van der Waals surface area contributed by atoms with E-state index in [4.69, 9.17) is 16.9 Å². The van der Waals surface area contributed by atoms with Crippen LogP contribution in [0.25, 0.3) is 11.0 Å². The van der Waals surface area contributed by atoms with Crippen molar-refractivity contribution in [3.05, 3.63) is 53.9 Å². The molecular formula is C14H13N5. The molecule has 5 nitrogen and oxygen atoms in total. The zero-order valence-electron chi connectivity index (χ0n) is 10.1. The van der Waals surface area contributed by atoms with E-state index in [1.807, 2.05) is 24.3 Å². The van der Waals surface area contributed by atoms with Gasteiger partial charge in [-0.15, -0.1) is 0 Å². The Morgan fingerprint density at radius 3 is 2.68 bits per heavy atom. The van der Waals surface area contributed by atoms with Crippen LogP contribution in [0, 0.1) is 5.41 Å². The second-order valence-corrected chi connectivity index (χ2v) is 4.32. The molecule has 3 rings (SSSR count). The summed E-state index contributed by atoms with van der Waals surface area (Å²) in [6.07, 6.45) is 0. The van der Waals surface area contributed by atoms with E-state index in [1.165, 1.54) is 0 Å². The summed E-state index contributed by atoms with van der Waals surface area (Å²) in [6, 6.07) is 12.7. The van der Waals surface area contributed by atoms with E-state index in [0.717, 1.165) is 11.0 Å². The topological polar surface area (TPSA) is 105 Å². The number of hydrogen-bond donors (Lipinski definition) is 4. The van der Waals surface area contributed by atoms with E-state index in [9.17, 15) is 0 Å². The Morgan fingerprint density at radius 1 is 1.11 bits per heavy atom. The van der Waals surface area contributed by atoms with Crippen LogP contribution >= 0.6 is 0 Å². The van der Waals surface area contributed by atoms with Crippen LogP contribution in [-0.4, -0.2) is 15.7 Å². The van der Waals surface area contributed by atoms with Gasteiger partial charge >= 0.3 is 0 Å². The van der Waals surface area contributed by atoms with Gasteiger partial charge in [0.05, 0.1) is 11.0 Å². The number of fused-ring (bicyclic) bond motifs is 1. The fourth-order valence-corrected chi connectivity index (χ4v) is 1.99. The molecule has 1 aromatic heterocycles. The van der Waals surface area contributed by atoms with Gasteiger partial charge in [0.25, 0.3) is 0 Å². The Balaban J connectivity index is 2.10. The maximum absolute atomic E-state index is 8.21. The van der Waals surface area contributed by atoms with Crippen molar-refractivity contribution >= 4 is 28.1 Å². The van der Waals surface area contributed by atoms with Gasteiger partial charge in [-0.1, -0.05) is 12.1 Å². The molecule has 0 amide bonds. The third kappa shape index (κ3) is 1.91. The Hall–Kier alpha value is -2.82. The van der Waals surface area contributed by atoms with Crippen LogP contribution in [0.15, 0.2) is 42.5 Å². The Kier molecular flexibility index (Phi) is 2.45. The average molecular weight is 251 g/mol. The minimum absolute atomic E-state index is 0.237. The summed E-state index contributed by atoms with van der Waals surface area (Å²) in [4.78, 5) is 7.49. The van der Waals surface area contributed by atoms with Crippen LogP contribution in [0.1, 0.15) is 11.4 Å². The van der Waals surface area contributed by atoms with Crippen molar-refractivity contribution in [2.75, 3.05) is 11.5 Å². The predicted molar refractivity (Wildman–Crippen MR) is 77.3 cm³/mol. The summed E-state index contributed by atoms with van der Waals surface area (Å²) >= 11 is 0. The number of nitrogens with two attached hydrogens (primary N) is 2. The molecule has 0 atom stereocenters. The van der Waals surface area contributed by atoms with Crippen LogP contribution in [0.2, 0.25) is 0 Å². The summed E-state index contributed by atoms with van der Waals surface area (Å²) in [5.41, 5.74) is 15.2. The van der Waals surface area contributed by atoms with Crippen molar-refractivity contribution in [2.45, 2.75) is 0 Å². The highest BCUT2D eigenvalue weighted by atomic mass is 14.9. The zero-order chi connectivity index (χ0) is 13.4. The molecule has 19 heavy (non-hydrogen) atoms. The van der Waals surface area contributed by atoms with Crippen LogP contribution in [0.3, 0.4) is 0 Å². The van der Waals surface area contributed by atoms with Gasteiger partial charge in [-0.05, 0) is 30.3 Å². The maximum atomic E-state index is 8.21. The van der Waals surface area contributed by atoms with Crippen LogP contribution in [-0.2, 0) is 0 Å². The van der Waals surface area contributed by atoms with Gasteiger partial charge in [0, 0.05) is 16.9 Å². The van der Waals surface area contributed by atoms with E-state index in [0.29, 0.717) is 22.8 Å². The first-order chi connectivity index (χ1) is 9.15. The molecule has 5 heteroatoms. The number of aromatic amines is 1. The second-order valence-electron chi connectivity index (χ2n) is 4.32. The van der Waals surface area contributed by atoms with Gasteiger partial charge in [-0.25, -0.2) is 4.98 Å². The molecule has 0 fully saturated rings. The zero-order valence-corrected chi connectivity index (χ0v) is 10.1. The van der Waals surface area contributed by atoms with Gasteiger partial charge in [-0.2, -0.15) is 0 Å².